The quantitative estimate of drug-likeness (QED) is 0.0409. The topological polar surface area (TPSA) is 227 Å². The molecule has 0 aliphatic rings. The molecular formula is C94H81F2Ir5N6O8-5. The Kier molecular flexibility index (Phi) is 50.8. The molecule has 9 aromatic carbocycles. The van der Waals surface area contributed by atoms with Gasteiger partial charge in [0, 0.05) is 179 Å². The molecule has 0 saturated heterocycles. The van der Waals surface area contributed by atoms with Crippen LogP contribution in [0.4, 0.5) is 8.78 Å². The number of rotatable bonds is 11. The molecule has 21 heteroatoms. The van der Waals surface area contributed by atoms with Crippen LogP contribution in [0.3, 0.4) is 0 Å². The van der Waals surface area contributed by atoms with Gasteiger partial charge in [-0.2, -0.15) is 0 Å². The third kappa shape index (κ3) is 39.2. The average Bonchev–Trinajstić information content (AvgIpc) is 0.765. The molecule has 0 amide bonds. The first-order valence-corrected chi connectivity index (χ1v) is 34.3. The number of pyridine rings is 4. The van der Waals surface area contributed by atoms with Crippen LogP contribution >= 0.6 is 0 Å². The number of carbonyl (C=O) groups excluding carboxylic acids is 4. The van der Waals surface area contributed by atoms with Crippen LogP contribution in [-0.2, 0) is 120 Å². The monoisotopic (exact) mass is 2420 g/mol. The molecule has 0 unspecified atom stereocenters. The summed E-state index contributed by atoms with van der Waals surface area (Å²) < 4.78 is 25.1. The van der Waals surface area contributed by atoms with E-state index in [0.717, 1.165) is 73.1 Å². The Balaban J connectivity index is 0.000000662. The predicted octanol–water partition coefficient (Wildman–Crippen LogP) is 22.2. The van der Waals surface area contributed by atoms with Crippen LogP contribution < -0.4 is 0 Å². The second kappa shape index (κ2) is 57.2. The first-order chi connectivity index (χ1) is 53.0. The fourth-order valence-corrected chi connectivity index (χ4v) is 9.83. The van der Waals surface area contributed by atoms with Crippen molar-refractivity contribution in [3.05, 3.63) is 387 Å². The Hall–Kier alpha value is -10.9. The molecule has 14 aromatic rings. The number of hydrogen-bond donors (Lipinski definition) is 4. The summed E-state index contributed by atoms with van der Waals surface area (Å²) in [5, 5.41) is 37.1. The SMILES string of the molecule is CC(=O)C=C(C)O.CC(=O)C=C(C)O.CC(=O)C=C(C)O.CC(=O)C=C(C)O.Fc1c[c-]c(-c2ccccn2)cc1.Fc1c[c-]c(-c2ccccn2)cc1.[Ir].[Ir].[Ir].[Ir].[Ir].[c-]1ccc(-c2ccccc2)cc1-c1ccccn1.[c-]1ccccc1-c1nc2ccccc2c2ccccc12.[c-]1ccccc1-c1nccnc1-c1ccccc1. The number of aliphatic hydroxyl groups is 4. The van der Waals surface area contributed by atoms with Crippen molar-refractivity contribution in [1.82, 2.24) is 29.9 Å². The second-order valence-electron chi connectivity index (χ2n) is 23.6. The van der Waals surface area contributed by atoms with Crippen LogP contribution in [0.1, 0.15) is 55.4 Å². The molecule has 14 nitrogen and oxygen atoms in total. The maximum absolute atomic E-state index is 12.6. The molecule has 0 spiro atoms. The number of aromatic nitrogens is 6. The Morgan fingerprint density at radius 3 is 1.03 bits per heavy atom. The van der Waals surface area contributed by atoms with E-state index in [1.807, 2.05) is 158 Å². The van der Waals surface area contributed by atoms with Gasteiger partial charge in [-0.3, -0.25) is 37.9 Å². The number of benzene rings is 9. The Morgan fingerprint density at radius 2 is 0.652 bits per heavy atom. The van der Waals surface area contributed by atoms with Gasteiger partial charge < -0.3 is 40.4 Å². The van der Waals surface area contributed by atoms with Crippen LogP contribution in [-0.4, -0.2) is 73.5 Å². The maximum atomic E-state index is 12.6. The van der Waals surface area contributed by atoms with Gasteiger partial charge >= 0.3 is 0 Å². The molecule has 4 N–H and O–H groups in total. The zero-order chi connectivity index (χ0) is 79.4. The van der Waals surface area contributed by atoms with E-state index < -0.39 is 0 Å². The largest absolute Gasteiger partial charge is 0.512 e. The van der Waals surface area contributed by atoms with Crippen molar-refractivity contribution in [2.45, 2.75) is 55.4 Å². The molecule has 0 atom stereocenters. The van der Waals surface area contributed by atoms with Gasteiger partial charge in [0.15, 0.2) is 23.1 Å². The normalized spacial score (nSPS) is 10.1. The summed E-state index contributed by atoms with van der Waals surface area (Å²) in [7, 11) is 0. The average molecular weight is 2420 g/mol. The number of hydrogen-bond acceptors (Lipinski definition) is 14. The number of para-hydroxylation sites is 1. The van der Waals surface area contributed by atoms with Gasteiger partial charge in [-0.25, -0.2) is 0 Å². The van der Waals surface area contributed by atoms with Crippen molar-refractivity contribution >= 4 is 44.8 Å². The predicted molar refractivity (Wildman–Crippen MR) is 434 cm³/mol. The summed E-state index contributed by atoms with van der Waals surface area (Å²) >= 11 is 0. The molecular weight excluding hydrogens is 2340 g/mol. The van der Waals surface area contributed by atoms with E-state index in [4.69, 9.17) is 25.4 Å². The fourth-order valence-electron chi connectivity index (χ4n) is 9.83. The van der Waals surface area contributed by atoms with Gasteiger partial charge in [0.05, 0.1) is 34.2 Å². The number of allylic oxidation sites excluding steroid dienone is 8. The van der Waals surface area contributed by atoms with E-state index in [1.54, 1.807) is 43.1 Å². The van der Waals surface area contributed by atoms with Crippen LogP contribution in [0.25, 0.3) is 100 Å². The molecule has 0 aliphatic heterocycles. The van der Waals surface area contributed by atoms with Crippen molar-refractivity contribution in [2.75, 3.05) is 0 Å². The Morgan fingerprint density at radius 1 is 0.296 bits per heavy atom. The van der Waals surface area contributed by atoms with Gasteiger partial charge in [0.2, 0.25) is 0 Å². The number of nitrogens with zero attached hydrogens (tertiary/aromatic N) is 6. The summed E-state index contributed by atoms with van der Waals surface area (Å²) in [6.07, 6.45) is 13.3. The molecule has 5 heterocycles. The zero-order valence-electron chi connectivity index (χ0n) is 63.6. The summed E-state index contributed by atoms with van der Waals surface area (Å²) in [5.41, 5.74) is 14.5. The van der Waals surface area contributed by atoms with Crippen LogP contribution in [0, 0.1) is 42.0 Å². The van der Waals surface area contributed by atoms with Crippen LogP contribution in [0.5, 0.6) is 0 Å². The van der Waals surface area contributed by atoms with Crippen molar-refractivity contribution < 1.29 is 149 Å². The third-order valence-corrected chi connectivity index (χ3v) is 14.2. The number of fused-ring (bicyclic) bond motifs is 3. The molecule has 5 aromatic heterocycles. The van der Waals surface area contributed by atoms with Gasteiger partial charge in [0.25, 0.3) is 0 Å². The first kappa shape index (κ1) is 102. The van der Waals surface area contributed by atoms with E-state index in [-0.39, 0.29) is 158 Å². The van der Waals surface area contributed by atoms with Gasteiger partial charge in [0.1, 0.15) is 0 Å². The van der Waals surface area contributed by atoms with Crippen molar-refractivity contribution in [3.8, 4) is 78.7 Å². The summed E-state index contributed by atoms with van der Waals surface area (Å²) in [6.45, 7) is 11.4. The van der Waals surface area contributed by atoms with Gasteiger partial charge in [-0.15, -0.1) is 167 Å². The Bertz CT molecular complexity index is 4980. The molecule has 0 saturated carbocycles. The zero-order valence-corrected chi connectivity index (χ0v) is 75.6. The summed E-state index contributed by atoms with van der Waals surface area (Å²) in [4.78, 5) is 66.4. The minimum Gasteiger partial charge on any atom is -0.512 e. The smallest absolute Gasteiger partial charge is 0.155 e. The van der Waals surface area contributed by atoms with E-state index in [9.17, 15) is 28.0 Å². The van der Waals surface area contributed by atoms with Gasteiger partial charge in [-0.1, -0.05) is 140 Å². The molecule has 0 aliphatic carbocycles. The molecule has 14 rings (SSSR count). The van der Waals surface area contributed by atoms with Crippen molar-refractivity contribution in [3.63, 3.8) is 0 Å². The summed E-state index contributed by atoms with van der Waals surface area (Å²) in [5.74, 6) is -0.806. The molecule has 0 bridgehead atoms. The van der Waals surface area contributed by atoms with Crippen LogP contribution in [0.2, 0.25) is 0 Å². The van der Waals surface area contributed by atoms with Gasteiger partial charge in [-0.05, 0) is 124 Å². The first-order valence-electron chi connectivity index (χ1n) is 34.3. The number of aliphatic hydroxyl groups excluding tert-OH is 4. The maximum Gasteiger partial charge on any atom is 0.155 e. The standard InChI is InChI=1S/C19H12N.C17H12N.C16H11N2.2C11H7FN.4C5H8O2.5Ir/c1-2-8-14(9-3-1)19-17-12-5-4-10-15(17)16-11-6-7-13-18(16)20-19;1-2-7-14(8-3-1)15-9-6-10-16(13-15)17-11-4-5-12-18-17;1-3-7-13(8-4-1)15-16(18-12-11-17-15)14-9-5-2-6-10-14;2*12-10-6-4-9(5-7-10)11-3-1-2-8-13-11;4*1-4(6)3-5(2)7;;;;;/h1-8,10-13H;1-9,11-13H;1-9,11-12H;2*1-4,6-8H;4*3,6H,1-2H3;;;;;/q5*-1;;;;;;;;;. The van der Waals surface area contributed by atoms with Crippen LogP contribution in [0.15, 0.2) is 345 Å². The van der Waals surface area contributed by atoms with E-state index in [0.29, 0.717) is 0 Å². The van der Waals surface area contributed by atoms with Crippen molar-refractivity contribution in [2.24, 2.45) is 0 Å². The second-order valence-corrected chi connectivity index (χ2v) is 23.6. The summed E-state index contributed by atoms with van der Waals surface area (Å²) in [6, 6.07) is 100. The number of carbonyl (C=O) groups is 4. The minimum atomic E-state index is -0.278. The van der Waals surface area contributed by atoms with E-state index in [1.165, 1.54) is 131 Å². The van der Waals surface area contributed by atoms with E-state index >= 15 is 0 Å². The molecule has 0 fully saturated rings. The molecule has 115 heavy (non-hydrogen) atoms. The fraction of sp³-hybridized carbons (Fsp3) is 0.0851. The third-order valence-electron chi connectivity index (χ3n) is 14.2. The number of halogens is 2. The minimum absolute atomic E-state index is 0. The number of ketones is 4. The molecule has 599 valence electrons. The van der Waals surface area contributed by atoms with E-state index in [2.05, 4.69) is 128 Å². The van der Waals surface area contributed by atoms with Crippen molar-refractivity contribution in [1.29, 1.82) is 0 Å². The Labute approximate surface area is 738 Å². The molecule has 5 radical (unpaired) electrons.